The third-order valence-corrected chi connectivity index (χ3v) is 2.58. The van der Waals surface area contributed by atoms with Gasteiger partial charge in [-0.25, -0.2) is 0 Å². The minimum Gasteiger partial charge on any atom is -0.360 e. The number of nitrogens with zero attached hydrogens (tertiary/aromatic N) is 1. The molecule has 1 aliphatic rings. The van der Waals surface area contributed by atoms with E-state index in [0.29, 0.717) is 6.04 Å². The van der Waals surface area contributed by atoms with Crippen molar-refractivity contribution in [1.82, 2.24) is 5.32 Å². The van der Waals surface area contributed by atoms with Crippen molar-refractivity contribution in [3.8, 4) is 0 Å². The molecule has 68 valence electrons. The number of hydrogen-bond donors (Lipinski definition) is 1. The van der Waals surface area contributed by atoms with Crippen molar-refractivity contribution in [3.63, 3.8) is 0 Å². The van der Waals surface area contributed by atoms with E-state index in [1.807, 2.05) is 18.2 Å². The summed E-state index contributed by atoms with van der Waals surface area (Å²) < 4.78 is 0. The zero-order chi connectivity index (χ0) is 9.26. The molecule has 1 aromatic carbocycles. The number of hydrogen-bond acceptors (Lipinski definition) is 1. The van der Waals surface area contributed by atoms with Crippen LogP contribution >= 0.6 is 12.2 Å². The Morgan fingerprint density at radius 3 is 2.62 bits per heavy atom. The Kier molecular flexibility index (Phi) is 2.19. The molecule has 0 amide bonds. The fourth-order valence-corrected chi connectivity index (χ4v) is 1.94. The van der Waals surface area contributed by atoms with Crippen LogP contribution < -0.4 is 10.2 Å². The van der Waals surface area contributed by atoms with Crippen LogP contribution in [0.3, 0.4) is 0 Å². The lowest BCUT2D eigenvalue weighted by Gasteiger charge is -2.21. The zero-order valence-corrected chi connectivity index (χ0v) is 8.34. The van der Waals surface area contributed by atoms with E-state index < -0.39 is 0 Å². The topological polar surface area (TPSA) is 15.3 Å². The van der Waals surface area contributed by atoms with Crippen LogP contribution in [-0.2, 0) is 0 Å². The highest BCUT2D eigenvalue weighted by molar-refractivity contribution is 7.80. The first-order valence-electron chi connectivity index (χ1n) is 4.41. The van der Waals surface area contributed by atoms with Crippen LogP contribution in [0.2, 0.25) is 0 Å². The molecule has 3 heteroatoms. The molecule has 1 heterocycles. The van der Waals surface area contributed by atoms with Crippen molar-refractivity contribution in [2.75, 3.05) is 11.4 Å². The number of anilines is 1. The lowest BCUT2D eigenvalue weighted by molar-refractivity contribution is 0.771. The van der Waals surface area contributed by atoms with E-state index in [2.05, 4.69) is 29.3 Å². The van der Waals surface area contributed by atoms with Crippen LogP contribution in [0.4, 0.5) is 5.69 Å². The van der Waals surface area contributed by atoms with E-state index in [-0.39, 0.29) is 0 Å². The summed E-state index contributed by atoms with van der Waals surface area (Å²) in [5.74, 6) is 0. The Hall–Kier alpha value is -1.09. The summed E-state index contributed by atoms with van der Waals surface area (Å²) in [7, 11) is 0. The highest BCUT2D eigenvalue weighted by atomic mass is 32.1. The van der Waals surface area contributed by atoms with E-state index in [4.69, 9.17) is 12.2 Å². The van der Waals surface area contributed by atoms with E-state index in [1.165, 1.54) is 5.69 Å². The standard InChI is InChI=1S/C10H12N2S/c1-8-7-11-10(13)12(8)9-5-3-2-4-6-9/h2-6,8H,7H2,1H3,(H,11,13). The Morgan fingerprint density at radius 2 is 2.08 bits per heavy atom. The number of nitrogens with one attached hydrogen (secondary N) is 1. The molecule has 1 aliphatic heterocycles. The van der Waals surface area contributed by atoms with Gasteiger partial charge in [-0.15, -0.1) is 0 Å². The molecule has 13 heavy (non-hydrogen) atoms. The van der Waals surface area contributed by atoms with Gasteiger partial charge in [0.25, 0.3) is 0 Å². The van der Waals surface area contributed by atoms with Crippen molar-refractivity contribution in [2.45, 2.75) is 13.0 Å². The van der Waals surface area contributed by atoms with Crippen LogP contribution in [-0.4, -0.2) is 17.7 Å². The summed E-state index contributed by atoms with van der Waals surface area (Å²) in [6, 6.07) is 10.7. The first-order chi connectivity index (χ1) is 6.29. The number of rotatable bonds is 1. The van der Waals surface area contributed by atoms with Gasteiger partial charge in [0.2, 0.25) is 0 Å². The maximum atomic E-state index is 5.21. The summed E-state index contributed by atoms with van der Waals surface area (Å²) in [6.45, 7) is 3.10. The molecular weight excluding hydrogens is 180 g/mol. The van der Waals surface area contributed by atoms with E-state index in [1.54, 1.807) is 0 Å². The Labute approximate surface area is 83.6 Å². The lowest BCUT2D eigenvalue weighted by atomic mass is 10.2. The molecule has 2 rings (SSSR count). The van der Waals surface area contributed by atoms with Crippen molar-refractivity contribution in [3.05, 3.63) is 30.3 Å². The third kappa shape index (κ3) is 1.52. The fourth-order valence-electron chi connectivity index (χ4n) is 1.57. The first kappa shape index (κ1) is 8.51. The molecule has 0 aliphatic carbocycles. The van der Waals surface area contributed by atoms with Gasteiger partial charge < -0.3 is 10.2 Å². The summed E-state index contributed by atoms with van der Waals surface area (Å²) in [4.78, 5) is 2.15. The van der Waals surface area contributed by atoms with Gasteiger partial charge in [-0.2, -0.15) is 0 Å². The van der Waals surface area contributed by atoms with Crippen LogP contribution in [0.5, 0.6) is 0 Å². The third-order valence-electron chi connectivity index (χ3n) is 2.24. The molecule has 1 aromatic rings. The molecular formula is C10H12N2S. The molecule has 2 nitrogen and oxygen atoms in total. The Bertz CT molecular complexity index is 310. The van der Waals surface area contributed by atoms with Crippen molar-refractivity contribution < 1.29 is 0 Å². The normalized spacial score (nSPS) is 21.8. The number of para-hydroxylation sites is 1. The Morgan fingerprint density at radius 1 is 1.38 bits per heavy atom. The molecule has 1 saturated heterocycles. The Balaban J connectivity index is 2.30. The van der Waals surface area contributed by atoms with E-state index in [0.717, 1.165) is 11.7 Å². The van der Waals surface area contributed by atoms with E-state index in [9.17, 15) is 0 Å². The minimum absolute atomic E-state index is 0.454. The largest absolute Gasteiger partial charge is 0.360 e. The van der Waals surface area contributed by atoms with Gasteiger partial charge in [-0.05, 0) is 31.3 Å². The highest BCUT2D eigenvalue weighted by Crippen LogP contribution is 2.19. The smallest absolute Gasteiger partial charge is 0.173 e. The predicted octanol–water partition coefficient (Wildman–Crippen LogP) is 1.77. The maximum Gasteiger partial charge on any atom is 0.173 e. The molecule has 1 unspecified atom stereocenters. The monoisotopic (exact) mass is 192 g/mol. The molecule has 0 spiro atoms. The van der Waals surface area contributed by atoms with Gasteiger partial charge in [0.05, 0.1) is 6.04 Å². The summed E-state index contributed by atoms with van der Waals surface area (Å²) >= 11 is 5.21. The highest BCUT2D eigenvalue weighted by Gasteiger charge is 2.24. The van der Waals surface area contributed by atoms with Gasteiger partial charge in [-0.3, -0.25) is 0 Å². The zero-order valence-electron chi connectivity index (χ0n) is 7.53. The predicted molar refractivity (Wildman–Crippen MR) is 59.0 cm³/mol. The molecule has 0 radical (unpaired) electrons. The van der Waals surface area contributed by atoms with Crippen LogP contribution in [0.1, 0.15) is 6.92 Å². The lowest BCUT2D eigenvalue weighted by Crippen LogP contribution is -2.31. The van der Waals surface area contributed by atoms with Gasteiger partial charge >= 0.3 is 0 Å². The van der Waals surface area contributed by atoms with Crippen LogP contribution in [0, 0.1) is 0 Å². The fraction of sp³-hybridized carbons (Fsp3) is 0.300. The van der Waals surface area contributed by atoms with Crippen molar-refractivity contribution >= 4 is 23.0 Å². The van der Waals surface area contributed by atoms with Crippen LogP contribution in [0.25, 0.3) is 0 Å². The molecule has 0 saturated carbocycles. The second-order valence-electron chi connectivity index (χ2n) is 3.24. The van der Waals surface area contributed by atoms with Crippen LogP contribution in [0.15, 0.2) is 30.3 Å². The second-order valence-corrected chi connectivity index (χ2v) is 3.63. The minimum atomic E-state index is 0.454. The van der Waals surface area contributed by atoms with E-state index >= 15 is 0 Å². The molecule has 0 bridgehead atoms. The average molecular weight is 192 g/mol. The second kappa shape index (κ2) is 3.34. The first-order valence-corrected chi connectivity index (χ1v) is 4.82. The van der Waals surface area contributed by atoms with Gasteiger partial charge in [0, 0.05) is 12.2 Å². The number of thiocarbonyl (C=S) groups is 1. The summed E-state index contributed by atoms with van der Waals surface area (Å²) in [5, 5.41) is 4.01. The molecule has 1 fully saturated rings. The maximum absolute atomic E-state index is 5.21. The van der Waals surface area contributed by atoms with Gasteiger partial charge in [-0.1, -0.05) is 18.2 Å². The quantitative estimate of drug-likeness (QED) is 0.683. The van der Waals surface area contributed by atoms with Crippen molar-refractivity contribution in [2.24, 2.45) is 0 Å². The molecule has 1 atom stereocenters. The average Bonchev–Trinajstić information content (AvgIpc) is 2.48. The van der Waals surface area contributed by atoms with Gasteiger partial charge in [0.15, 0.2) is 5.11 Å². The number of benzene rings is 1. The van der Waals surface area contributed by atoms with Crippen molar-refractivity contribution in [1.29, 1.82) is 0 Å². The summed E-state index contributed by atoms with van der Waals surface area (Å²) in [5.41, 5.74) is 1.17. The summed E-state index contributed by atoms with van der Waals surface area (Å²) in [6.07, 6.45) is 0. The molecule has 1 N–H and O–H groups in total. The SMILES string of the molecule is CC1CNC(=S)N1c1ccccc1. The van der Waals surface area contributed by atoms with Gasteiger partial charge in [0.1, 0.15) is 0 Å². The molecule has 0 aromatic heterocycles.